The molecule has 3 rings (SSSR count). The van der Waals surface area contributed by atoms with Gasteiger partial charge in [-0.3, -0.25) is 0 Å². The van der Waals surface area contributed by atoms with Gasteiger partial charge < -0.3 is 15.4 Å². The summed E-state index contributed by atoms with van der Waals surface area (Å²) in [6.45, 7) is 4.32. The second-order valence-electron chi connectivity index (χ2n) is 6.42. The number of alkyl halides is 3. The Morgan fingerprint density at radius 3 is 2.55 bits per heavy atom. The van der Waals surface area contributed by atoms with E-state index < -0.39 is 11.7 Å². The maximum absolute atomic E-state index is 13.5. The van der Waals surface area contributed by atoms with Crippen LogP contribution in [0.25, 0.3) is 0 Å². The molecule has 3 aromatic rings. The highest BCUT2D eigenvalue weighted by atomic mass is 19.4. The predicted octanol–water partition coefficient (Wildman–Crippen LogP) is 6.08. The van der Waals surface area contributed by atoms with Crippen molar-refractivity contribution < 1.29 is 17.9 Å². The minimum absolute atomic E-state index is 0.0538. The van der Waals surface area contributed by atoms with E-state index in [1.54, 1.807) is 30.3 Å². The molecule has 0 fully saturated rings. The molecular weight excluding hydrogens is 381 g/mol. The number of halogens is 3. The Kier molecular flexibility index (Phi) is 6.21. The highest BCUT2D eigenvalue weighted by Crippen LogP contribution is 2.37. The largest absolute Gasteiger partial charge is 0.491 e. The first kappa shape index (κ1) is 20.4. The van der Waals surface area contributed by atoms with E-state index in [9.17, 15) is 13.2 Å². The zero-order valence-electron chi connectivity index (χ0n) is 16.0. The maximum atomic E-state index is 13.5. The number of ether oxygens (including phenoxy) is 1. The summed E-state index contributed by atoms with van der Waals surface area (Å²) in [4.78, 5) is 7.90. The van der Waals surface area contributed by atoms with E-state index in [1.165, 1.54) is 0 Å². The van der Waals surface area contributed by atoms with Crippen LogP contribution >= 0.6 is 0 Å². The van der Waals surface area contributed by atoms with Crippen LogP contribution in [0.15, 0.2) is 54.7 Å². The number of nitrogens with zero attached hydrogens (tertiary/aromatic N) is 2. The van der Waals surface area contributed by atoms with Gasteiger partial charge in [0.1, 0.15) is 17.1 Å². The lowest BCUT2D eigenvalue weighted by molar-refractivity contribution is -0.137. The number of hydrogen-bond donors (Lipinski definition) is 2. The average molecular weight is 402 g/mol. The van der Waals surface area contributed by atoms with Crippen molar-refractivity contribution >= 4 is 23.1 Å². The lowest BCUT2D eigenvalue weighted by atomic mass is 10.2. The normalized spacial score (nSPS) is 11.2. The van der Waals surface area contributed by atoms with E-state index in [1.807, 2.05) is 32.0 Å². The van der Waals surface area contributed by atoms with Crippen molar-refractivity contribution in [1.82, 2.24) is 9.97 Å². The average Bonchev–Trinajstić information content (AvgIpc) is 2.66. The van der Waals surface area contributed by atoms with Crippen molar-refractivity contribution in [3.63, 3.8) is 0 Å². The Balaban J connectivity index is 1.95. The van der Waals surface area contributed by atoms with Gasteiger partial charge in [0.2, 0.25) is 5.95 Å². The topological polar surface area (TPSA) is 59.1 Å². The van der Waals surface area contributed by atoms with Crippen molar-refractivity contribution in [3.8, 4) is 5.75 Å². The predicted molar refractivity (Wildman–Crippen MR) is 107 cm³/mol. The lowest BCUT2D eigenvalue weighted by Crippen LogP contribution is -2.13. The molecule has 0 aliphatic heterocycles. The van der Waals surface area contributed by atoms with Crippen LogP contribution in [-0.2, 0) is 6.18 Å². The van der Waals surface area contributed by atoms with Crippen molar-refractivity contribution in [2.45, 2.75) is 26.4 Å². The van der Waals surface area contributed by atoms with Gasteiger partial charge in [-0.1, -0.05) is 31.2 Å². The first-order valence-electron chi connectivity index (χ1n) is 9.13. The fraction of sp³-hybridized carbons (Fsp3) is 0.238. The number of hydrogen-bond acceptors (Lipinski definition) is 5. The van der Waals surface area contributed by atoms with Crippen LogP contribution < -0.4 is 15.4 Å². The van der Waals surface area contributed by atoms with Crippen molar-refractivity contribution in [2.75, 3.05) is 17.2 Å². The maximum Gasteiger partial charge on any atom is 0.421 e. The molecule has 29 heavy (non-hydrogen) atoms. The number of aryl methyl sites for hydroxylation is 1. The Bertz CT molecular complexity index is 976. The summed E-state index contributed by atoms with van der Waals surface area (Å²) >= 11 is 0. The van der Waals surface area contributed by atoms with Gasteiger partial charge in [0.25, 0.3) is 0 Å². The summed E-state index contributed by atoms with van der Waals surface area (Å²) in [5.41, 5.74) is 1.12. The van der Waals surface area contributed by atoms with Crippen LogP contribution in [0.3, 0.4) is 0 Å². The molecule has 0 radical (unpaired) electrons. The Morgan fingerprint density at radius 2 is 1.83 bits per heavy atom. The third kappa shape index (κ3) is 5.37. The van der Waals surface area contributed by atoms with Gasteiger partial charge in [-0.05, 0) is 43.2 Å². The monoisotopic (exact) mass is 402 g/mol. The summed E-state index contributed by atoms with van der Waals surface area (Å²) in [7, 11) is 0. The number of aromatic nitrogens is 2. The van der Waals surface area contributed by atoms with Gasteiger partial charge in [-0.2, -0.15) is 18.2 Å². The number of rotatable bonds is 7. The molecule has 0 bridgehead atoms. The van der Waals surface area contributed by atoms with Gasteiger partial charge in [-0.15, -0.1) is 0 Å². The molecule has 1 aromatic heterocycles. The Morgan fingerprint density at radius 1 is 1.03 bits per heavy atom. The van der Waals surface area contributed by atoms with Crippen LogP contribution in [0.4, 0.5) is 36.3 Å². The van der Waals surface area contributed by atoms with E-state index in [-0.39, 0.29) is 11.8 Å². The van der Waals surface area contributed by atoms with E-state index in [4.69, 9.17) is 4.74 Å². The molecule has 8 heteroatoms. The third-order valence-corrected chi connectivity index (χ3v) is 3.97. The first-order chi connectivity index (χ1) is 13.9. The molecule has 152 valence electrons. The second kappa shape index (κ2) is 8.81. The zero-order valence-corrected chi connectivity index (χ0v) is 16.0. The third-order valence-electron chi connectivity index (χ3n) is 3.97. The van der Waals surface area contributed by atoms with Crippen LogP contribution in [0.1, 0.15) is 24.5 Å². The summed E-state index contributed by atoms with van der Waals surface area (Å²) < 4.78 is 46.1. The van der Waals surface area contributed by atoms with Crippen LogP contribution in [0.2, 0.25) is 0 Å². The number of benzene rings is 2. The minimum Gasteiger partial charge on any atom is -0.491 e. The van der Waals surface area contributed by atoms with E-state index in [2.05, 4.69) is 20.6 Å². The molecule has 0 spiro atoms. The van der Waals surface area contributed by atoms with Gasteiger partial charge in [-0.25, -0.2) is 4.98 Å². The van der Waals surface area contributed by atoms with Crippen molar-refractivity contribution in [3.05, 3.63) is 65.9 Å². The quantitative estimate of drug-likeness (QED) is 0.502. The summed E-state index contributed by atoms with van der Waals surface area (Å²) in [5.74, 6) is 0.155. The van der Waals surface area contributed by atoms with Gasteiger partial charge >= 0.3 is 6.18 Å². The summed E-state index contributed by atoms with van der Waals surface area (Å²) in [6, 6.07) is 14.2. The molecule has 0 amide bonds. The van der Waals surface area contributed by atoms with Crippen molar-refractivity contribution in [1.29, 1.82) is 0 Å². The molecule has 0 aliphatic carbocycles. The van der Waals surface area contributed by atoms with Gasteiger partial charge in [0.15, 0.2) is 0 Å². The molecule has 5 nitrogen and oxygen atoms in total. The SMILES string of the molecule is CCCOc1ccccc1Nc1nc(Nc2cccc(C)c2)ncc1C(F)(F)F. The van der Waals surface area contributed by atoms with Crippen LogP contribution in [0, 0.1) is 6.92 Å². The lowest BCUT2D eigenvalue weighted by Gasteiger charge is -2.17. The van der Waals surface area contributed by atoms with Gasteiger partial charge in [0.05, 0.1) is 12.3 Å². The molecule has 0 aliphatic rings. The highest BCUT2D eigenvalue weighted by Gasteiger charge is 2.35. The standard InChI is InChI=1S/C21H21F3N4O/c1-3-11-29-18-10-5-4-9-17(18)27-19-16(21(22,23)24)13-25-20(28-19)26-15-8-6-7-14(2)12-15/h4-10,12-13H,3,11H2,1-2H3,(H2,25,26,27,28). The molecule has 0 saturated heterocycles. The van der Waals surface area contributed by atoms with E-state index >= 15 is 0 Å². The van der Waals surface area contributed by atoms with E-state index in [0.717, 1.165) is 18.2 Å². The second-order valence-corrected chi connectivity index (χ2v) is 6.42. The molecule has 0 atom stereocenters. The molecule has 1 heterocycles. The molecular formula is C21H21F3N4O. The minimum atomic E-state index is -4.61. The fourth-order valence-electron chi connectivity index (χ4n) is 2.63. The molecule has 2 aromatic carbocycles. The molecule has 0 saturated carbocycles. The summed E-state index contributed by atoms with van der Waals surface area (Å²) in [6.07, 6.45) is -3.06. The fourth-order valence-corrected chi connectivity index (χ4v) is 2.63. The molecule has 2 N–H and O–H groups in total. The van der Waals surface area contributed by atoms with Gasteiger partial charge in [0, 0.05) is 11.9 Å². The number of anilines is 4. The number of nitrogens with one attached hydrogen (secondary N) is 2. The van der Waals surface area contributed by atoms with Crippen LogP contribution in [0.5, 0.6) is 5.75 Å². The Labute approximate surface area is 167 Å². The van der Waals surface area contributed by atoms with Crippen LogP contribution in [-0.4, -0.2) is 16.6 Å². The zero-order chi connectivity index (χ0) is 20.9. The smallest absolute Gasteiger partial charge is 0.421 e. The summed E-state index contributed by atoms with van der Waals surface area (Å²) in [5, 5.41) is 5.70. The molecule has 0 unspecified atom stereocenters. The first-order valence-corrected chi connectivity index (χ1v) is 9.13. The Hall–Kier alpha value is -3.29. The number of para-hydroxylation sites is 2. The highest BCUT2D eigenvalue weighted by molar-refractivity contribution is 5.67. The van der Waals surface area contributed by atoms with Crippen molar-refractivity contribution in [2.24, 2.45) is 0 Å². The van der Waals surface area contributed by atoms with E-state index in [0.29, 0.717) is 23.7 Å².